The minimum absolute atomic E-state index is 0.0128. The first kappa shape index (κ1) is 12.0. The van der Waals surface area contributed by atoms with Crippen molar-refractivity contribution < 1.29 is 0 Å². The van der Waals surface area contributed by atoms with Gasteiger partial charge in [0.25, 0.3) is 0 Å². The highest BCUT2D eigenvalue weighted by Gasteiger charge is 2.29. The maximum Gasteiger partial charge on any atom is 0.178 e. The SMILES string of the molecule is CC(C)(C)c1nnc2[nH]ncc2c1C(C)(C)C. The number of fused-ring (bicyclic) bond motifs is 1. The molecule has 0 unspecified atom stereocenters. The van der Waals surface area contributed by atoms with Gasteiger partial charge in [-0.25, -0.2) is 0 Å². The largest absolute Gasteiger partial charge is 0.259 e. The van der Waals surface area contributed by atoms with Crippen LogP contribution in [0.15, 0.2) is 6.20 Å². The summed E-state index contributed by atoms with van der Waals surface area (Å²) in [5.41, 5.74) is 3.08. The molecule has 0 bridgehead atoms. The molecular formula is C13H20N4. The molecule has 0 aromatic carbocycles. The predicted molar refractivity (Wildman–Crippen MR) is 69.1 cm³/mol. The van der Waals surface area contributed by atoms with E-state index in [0.29, 0.717) is 0 Å². The second-order valence-electron chi connectivity index (χ2n) is 6.56. The molecule has 0 saturated heterocycles. The Morgan fingerprint density at radius 2 is 1.59 bits per heavy atom. The highest BCUT2D eigenvalue weighted by atomic mass is 15.2. The van der Waals surface area contributed by atoms with Crippen LogP contribution in [0.4, 0.5) is 0 Å². The van der Waals surface area contributed by atoms with Crippen molar-refractivity contribution >= 4 is 11.0 Å². The maximum atomic E-state index is 4.40. The Balaban J connectivity index is 2.85. The van der Waals surface area contributed by atoms with Crippen LogP contribution in [0.5, 0.6) is 0 Å². The number of hydrogen-bond acceptors (Lipinski definition) is 3. The Hall–Kier alpha value is -1.45. The average Bonchev–Trinajstić information content (AvgIpc) is 2.59. The monoisotopic (exact) mass is 232 g/mol. The molecule has 0 aliphatic heterocycles. The number of H-pyrrole nitrogens is 1. The van der Waals surface area contributed by atoms with E-state index >= 15 is 0 Å². The number of rotatable bonds is 0. The molecule has 0 aliphatic carbocycles. The highest BCUT2D eigenvalue weighted by Crippen LogP contribution is 2.35. The second-order valence-corrected chi connectivity index (χ2v) is 6.56. The van der Waals surface area contributed by atoms with Crippen molar-refractivity contribution in [1.29, 1.82) is 0 Å². The Morgan fingerprint density at radius 3 is 2.12 bits per heavy atom. The fraction of sp³-hybridized carbons (Fsp3) is 0.615. The minimum atomic E-state index is -0.0128. The van der Waals surface area contributed by atoms with Crippen molar-refractivity contribution in [1.82, 2.24) is 20.4 Å². The van der Waals surface area contributed by atoms with Crippen LogP contribution in [0.2, 0.25) is 0 Å². The molecule has 2 rings (SSSR count). The molecule has 0 amide bonds. The molecule has 0 fully saturated rings. The average molecular weight is 232 g/mol. The molecule has 4 nitrogen and oxygen atoms in total. The fourth-order valence-electron chi connectivity index (χ4n) is 2.10. The zero-order valence-electron chi connectivity index (χ0n) is 11.4. The molecule has 92 valence electrons. The smallest absolute Gasteiger partial charge is 0.178 e. The molecule has 17 heavy (non-hydrogen) atoms. The van der Waals surface area contributed by atoms with Crippen molar-refractivity contribution in [3.8, 4) is 0 Å². The molecule has 0 atom stereocenters. The fourth-order valence-corrected chi connectivity index (χ4v) is 2.10. The predicted octanol–water partition coefficient (Wildman–Crippen LogP) is 2.95. The van der Waals surface area contributed by atoms with Crippen molar-refractivity contribution in [3.05, 3.63) is 17.5 Å². The molecule has 2 aromatic rings. The number of aromatic nitrogens is 4. The van der Waals surface area contributed by atoms with Crippen molar-refractivity contribution in [2.24, 2.45) is 0 Å². The lowest BCUT2D eigenvalue weighted by Crippen LogP contribution is -2.24. The van der Waals surface area contributed by atoms with E-state index in [-0.39, 0.29) is 10.8 Å². The molecular weight excluding hydrogens is 212 g/mol. The van der Waals surface area contributed by atoms with Crippen LogP contribution >= 0.6 is 0 Å². The van der Waals surface area contributed by atoms with E-state index in [2.05, 4.69) is 61.9 Å². The lowest BCUT2D eigenvalue weighted by Gasteiger charge is -2.28. The Bertz CT molecular complexity index is 541. The third kappa shape index (κ3) is 2.04. The first-order chi connectivity index (χ1) is 7.71. The standard InChI is InChI=1S/C13H20N4/c1-12(2,3)9-8-7-14-16-11(8)17-15-10(9)13(4,5)6/h7H,1-6H3,(H,14,16,17). The van der Waals surface area contributed by atoms with Gasteiger partial charge in [0.2, 0.25) is 0 Å². The Kier molecular flexibility index (Phi) is 2.49. The lowest BCUT2D eigenvalue weighted by molar-refractivity contribution is 0.511. The highest BCUT2D eigenvalue weighted by molar-refractivity contribution is 5.79. The van der Waals surface area contributed by atoms with Gasteiger partial charge in [0.15, 0.2) is 5.65 Å². The topological polar surface area (TPSA) is 54.5 Å². The van der Waals surface area contributed by atoms with E-state index in [1.54, 1.807) is 0 Å². The Morgan fingerprint density at radius 1 is 0.941 bits per heavy atom. The minimum Gasteiger partial charge on any atom is -0.259 e. The summed E-state index contributed by atoms with van der Waals surface area (Å²) in [6.45, 7) is 13.1. The van der Waals surface area contributed by atoms with Gasteiger partial charge in [0.05, 0.1) is 11.9 Å². The van der Waals surface area contributed by atoms with Crippen molar-refractivity contribution in [3.63, 3.8) is 0 Å². The summed E-state index contributed by atoms with van der Waals surface area (Å²) in [5, 5.41) is 16.6. The molecule has 2 heterocycles. The van der Waals surface area contributed by atoms with E-state index in [9.17, 15) is 0 Å². The zero-order chi connectivity index (χ0) is 12.8. The van der Waals surface area contributed by atoms with Crippen molar-refractivity contribution in [2.45, 2.75) is 52.4 Å². The van der Waals surface area contributed by atoms with Gasteiger partial charge in [0, 0.05) is 10.8 Å². The zero-order valence-corrected chi connectivity index (χ0v) is 11.4. The van der Waals surface area contributed by atoms with Gasteiger partial charge in [-0.15, -0.1) is 5.10 Å². The van der Waals surface area contributed by atoms with Gasteiger partial charge in [-0.3, -0.25) is 5.10 Å². The molecule has 0 aliphatic rings. The van der Waals surface area contributed by atoms with E-state index in [1.165, 1.54) is 5.56 Å². The third-order valence-corrected chi connectivity index (χ3v) is 2.84. The van der Waals surface area contributed by atoms with E-state index in [0.717, 1.165) is 16.7 Å². The summed E-state index contributed by atoms with van der Waals surface area (Å²) >= 11 is 0. The summed E-state index contributed by atoms with van der Waals surface area (Å²) in [7, 11) is 0. The van der Waals surface area contributed by atoms with E-state index in [4.69, 9.17) is 0 Å². The number of aromatic amines is 1. The molecule has 2 aromatic heterocycles. The van der Waals surface area contributed by atoms with Crippen LogP contribution in [0.1, 0.15) is 52.8 Å². The van der Waals surface area contributed by atoms with E-state index in [1.807, 2.05) is 6.20 Å². The van der Waals surface area contributed by atoms with Gasteiger partial charge < -0.3 is 0 Å². The molecule has 1 N–H and O–H groups in total. The van der Waals surface area contributed by atoms with Gasteiger partial charge >= 0.3 is 0 Å². The maximum absolute atomic E-state index is 4.40. The first-order valence-corrected chi connectivity index (χ1v) is 5.92. The second kappa shape index (κ2) is 3.52. The van der Waals surface area contributed by atoms with Crippen molar-refractivity contribution in [2.75, 3.05) is 0 Å². The van der Waals surface area contributed by atoms with Crippen LogP contribution in [-0.2, 0) is 10.8 Å². The van der Waals surface area contributed by atoms with Crippen LogP contribution in [0, 0.1) is 0 Å². The van der Waals surface area contributed by atoms with Gasteiger partial charge in [-0.2, -0.15) is 10.2 Å². The van der Waals surface area contributed by atoms with Gasteiger partial charge in [-0.1, -0.05) is 41.5 Å². The molecule has 0 radical (unpaired) electrons. The summed E-state index contributed by atoms with van der Waals surface area (Å²) in [4.78, 5) is 0. The summed E-state index contributed by atoms with van der Waals surface area (Å²) in [5.74, 6) is 0. The summed E-state index contributed by atoms with van der Waals surface area (Å²) in [6.07, 6.45) is 1.85. The lowest BCUT2D eigenvalue weighted by atomic mass is 9.77. The molecule has 0 spiro atoms. The van der Waals surface area contributed by atoms with Crippen LogP contribution < -0.4 is 0 Å². The van der Waals surface area contributed by atoms with E-state index < -0.39 is 0 Å². The molecule has 0 saturated carbocycles. The normalized spacial score (nSPS) is 13.3. The summed E-state index contributed by atoms with van der Waals surface area (Å²) < 4.78 is 0. The quantitative estimate of drug-likeness (QED) is 0.759. The number of nitrogens with zero attached hydrogens (tertiary/aromatic N) is 3. The van der Waals surface area contributed by atoms with Crippen LogP contribution in [0.25, 0.3) is 11.0 Å². The van der Waals surface area contributed by atoms with Gasteiger partial charge in [0.1, 0.15) is 0 Å². The Labute approximate surface area is 102 Å². The molecule has 4 heteroatoms. The van der Waals surface area contributed by atoms with Crippen LogP contribution in [0.3, 0.4) is 0 Å². The van der Waals surface area contributed by atoms with Gasteiger partial charge in [-0.05, 0) is 11.0 Å². The number of nitrogens with one attached hydrogen (secondary N) is 1. The van der Waals surface area contributed by atoms with Crippen LogP contribution in [-0.4, -0.2) is 20.4 Å². The third-order valence-electron chi connectivity index (χ3n) is 2.84. The summed E-state index contributed by atoms with van der Waals surface area (Å²) in [6, 6.07) is 0. The first-order valence-electron chi connectivity index (χ1n) is 5.92. The number of hydrogen-bond donors (Lipinski definition) is 1.